The summed E-state index contributed by atoms with van der Waals surface area (Å²) in [5, 5.41) is 11.8. The second kappa shape index (κ2) is 3.22. The summed E-state index contributed by atoms with van der Waals surface area (Å²) < 4.78 is 4.31. The van der Waals surface area contributed by atoms with Crippen molar-refractivity contribution >= 4 is 17.5 Å². The Morgan fingerprint density at radius 1 is 1.80 bits per heavy atom. The van der Waals surface area contributed by atoms with Crippen LogP contribution < -0.4 is 0 Å². The first-order valence-corrected chi connectivity index (χ1v) is 3.60. The molecule has 10 heavy (non-hydrogen) atoms. The van der Waals surface area contributed by atoms with E-state index in [4.69, 9.17) is 5.11 Å². The summed E-state index contributed by atoms with van der Waals surface area (Å²) in [6, 6.07) is 1.83. The summed E-state index contributed by atoms with van der Waals surface area (Å²) >= 11 is 1.52. The SMILES string of the molecule is O=C(O)OCc1ccsc1. The van der Waals surface area contributed by atoms with E-state index in [-0.39, 0.29) is 6.61 Å². The van der Waals surface area contributed by atoms with Crippen LogP contribution in [0, 0.1) is 0 Å². The van der Waals surface area contributed by atoms with Crippen LogP contribution in [0.2, 0.25) is 0 Å². The van der Waals surface area contributed by atoms with Gasteiger partial charge in [0, 0.05) is 5.56 Å². The highest BCUT2D eigenvalue weighted by atomic mass is 32.1. The predicted molar refractivity (Wildman–Crippen MR) is 37.1 cm³/mol. The molecule has 0 spiro atoms. The van der Waals surface area contributed by atoms with Crippen molar-refractivity contribution in [2.45, 2.75) is 6.61 Å². The van der Waals surface area contributed by atoms with E-state index in [1.807, 2.05) is 16.8 Å². The molecule has 54 valence electrons. The molecular formula is C6H6O3S. The molecular weight excluding hydrogens is 152 g/mol. The summed E-state index contributed by atoms with van der Waals surface area (Å²) in [5.74, 6) is 0. The zero-order valence-electron chi connectivity index (χ0n) is 5.11. The summed E-state index contributed by atoms with van der Waals surface area (Å²) in [4.78, 5) is 9.88. The largest absolute Gasteiger partial charge is 0.506 e. The van der Waals surface area contributed by atoms with Crippen LogP contribution in [0.1, 0.15) is 5.56 Å². The third-order valence-corrected chi connectivity index (χ3v) is 1.67. The lowest BCUT2D eigenvalue weighted by Crippen LogP contribution is -1.98. The molecule has 4 heteroatoms. The summed E-state index contributed by atoms with van der Waals surface area (Å²) in [5.41, 5.74) is 0.896. The Balaban J connectivity index is 2.35. The average molecular weight is 158 g/mol. The Morgan fingerprint density at radius 2 is 2.60 bits per heavy atom. The number of ether oxygens (including phenoxy) is 1. The molecule has 0 fully saturated rings. The first kappa shape index (κ1) is 7.08. The van der Waals surface area contributed by atoms with Crippen molar-refractivity contribution in [3.05, 3.63) is 22.4 Å². The minimum Gasteiger partial charge on any atom is -0.450 e. The second-order valence-electron chi connectivity index (χ2n) is 1.69. The van der Waals surface area contributed by atoms with Gasteiger partial charge in [0.25, 0.3) is 0 Å². The van der Waals surface area contributed by atoms with Crippen molar-refractivity contribution in [2.75, 3.05) is 0 Å². The highest BCUT2D eigenvalue weighted by molar-refractivity contribution is 7.07. The minimum atomic E-state index is -1.23. The fraction of sp³-hybridized carbons (Fsp3) is 0.167. The lowest BCUT2D eigenvalue weighted by Gasteiger charge is -1.94. The molecule has 0 aliphatic heterocycles. The van der Waals surface area contributed by atoms with Gasteiger partial charge in [-0.25, -0.2) is 4.79 Å². The van der Waals surface area contributed by atoms with Crippen molar-refractivity contribution in [3.8, 4) is 0 Å². The highest BCUT2D eigenvalue weighted by Gasteiger charge is 1.96. The molecule has 0 aliphatic rings. The molecule has 0 bridgehead atoms. The van der Waals surface area contributed by atoms with E-state index < -0.39 is 6.16 Å². The quantitative estimate of drug-likeness (QED) is 0.669. The van der Waals surface area contributed by atoms with E-state index in [1.165, 1.54) is 11.3 Å². The van der Waals surface area contributed by atoms with E-state index >= 15 is 0 Å². The van der Waals surface area contributed by atoms with E-state index in [2.05, 4.69) is 4.74 Å². The maximum atomic E-state index is 9.88. The van der Waals surface area contributed by atoms with E-state index in [9.17, 15) is 4.79 Å². The molecule has 0 saturated carbocycles. The van der Waals surface area contributed by atoms with Gasteiger partial charge >= 0.3 is 6.16 Å². The smallest absolute Gasteiger partial charge is 0.450 e. The Labute approximate surface area is 61.9 Å². The molecule has 1 heterocycles. The Morgan fingerprint density at radius 3 is 3.10 bits per heavy atom. The summed E-state index contributed by atoms with van der Waals surface area (Å²) in [7, 11) is 0. The van der Waals surface area contributed by atoms with Crippen LogP contribution in [0.5, 0.6) is 0 Å². The van der Waals surface area contributed by atoms with Crippen LogP contribution >= 0.6 is 11.3 Å². The van der Waals surface area contributed by atoms with Crippen molar-refractivity contribution < 1.29 is 14.6 Å². The van der Waals surface area contributed by atoms with Gasteiger partial charge in [0.1, 0.15) is 6.61 Å². The third kappa shape index (κ3) is 2.06. The molecule has 0 atom stereocenters. The standard InChI is InChI=1S/C6H6O3S/c7-6(8)9-3-5-1-2-10-4-5/h1-2,4H,3H2,(H,7,8). The molecule has 0 amide bonds. The van der Waals surface area contributed by atoms with Crippen LogP contribution in [-0.4, -0.2) is 11.3 Å². The van der Waals surface area contributed by atoms with Crippen LogP contribution in [0.15, 0.2) is 16.8 Å². The third-order valence-electron chi connectivity index (χ3n) is 0.942. The molecule has 1 rings (SSSR count). The van der Waals surface area contributed by atoms with Crippen LogP contribution in [-0.2, 0) is 11.3 Å². The van der Waals surface area contributed by atoms with E-state index in [0.29, 0.717) is 0 Å². The molecule has 1 N–H and O–H groups in total. The molecule has 0 unspecified atom stereocenters. The van der Waals surface area contributed by atoms with Gasteiger partial charge in [0.2, 0.25) is 0 Å². The van der Waals surface area contributed by atoms with Gasteiger partial charge in [-0.05, 0) is 16.8 Å². The minimum absolute atomic E-state index is 0.152. The van der Waals surface area contributed by atoms with Gasteiger partial charge in [0.05, 0.1) is 0 Å². The van der Waals surface area contributed by atoms with Gasteiger partial charge in [-0.15, -0.1) is 0 Å². The lowest BCUT2D eigenvalue weighted by atomic mass is 10.4. The Bertz CT molecular complexity index is 205. The topological polar surface area (TPSA) is 46.5 Å². The predicted octanol–water partition coefficient (Wildman–Crippen LogP) is 1.94. The van der Waals surface area contributed by atoms with E-state index in [1.54, 1.807) is 0 Å². The Hall–Kier alpha value is -1.03. The molecule has 0 radical (unpaired) electrons. The first-order valence-electron chi connectivity index (χ1n) is 2.66. The monoisotopic (exact) mass is 158 g/mol. The lowest BCUT2D eigenvalue weighted by molar-refractivity contribution is 0.0855. The van der Waals surface area contributed by atoms with Crippen LogP contribution in [0.3, 0.4) is 0 Å². The fourth-order valence-corrected chi connectivity index (χ4v) is 1.17. The molecule has 3 nitrogen and oxygen atoms in total. The number of rotatable bonds is 2. The van der Waals surface area contributed by atoms with Crippen LogP contribution in [0.4, 0.5) is 4.79 Å². The van der Waals surface area contributed by atoms with Gasteiger partial charge < -0.3 is 9.84 Å². The number of hydrogen-bond donors (Lipinski definition) is 1. The van der Waals surface area contributed by atoms with Gasteiger partial charge in [0.15, 0.2) is 0 Å². The number of thiophene rings is 1. The van der Waals surface area contributed by atoms with Crippen molar-refractivity contribution in [1.82, 2.24) is 0 Å². The average Bonchev–Trinajstić information content (AvgIpc) is 2.34. The zero-order chi connectivity index (χ0) is 7.40. The normalized spacial score (nSPS) is 9.20. The number of carboxylic acid groups (broad SMARTS) is 1. The number of hydrogen-bond acceptors (Lipinski definition) is 3. The Kier molecular flexibility index (Phi) is 2.28. The molecule has 0 aromatic carbocycles. The van der Waals surface area contributed by atoms with Crippen LogP contribution in [0.25, 0.3) is 0 Å². The molecule has 1 aromatic heterocycles. The van der Waals surface area contributed by atoms with Crippen molar-refractivity contribution in [2.24, 2.45) is 0 Å². The summed E-state index contributed by atoms with van der Waals surface area (Å²) in [6.45, 7) is 0.152. The maximum absolute atomic E-state index is 9.88. The maximum Gasteiger partial charge on any atom is 0.506 e. The van der Waals surface area contributed by atoms with Crippen molar-refractivity contribution in [3.63, 3.8) is 0 Å². The van der Waals surface area contributed by atoms with Gasteiger partial charge in [-0.1, -0.05) is 0 Å². The van der Waals surface area contributed by atoms with Gasteiger partial charge in [-0.2, -0.15) is 11.3 Å². The second-order valence-corrected chi connectivity index (χ2v) is 2.47. The van der Waals surface area contributed by atoms with E-state index in [0.717, 1.165) is 5.56 Å². The highest BCUT2D eigenvalue weighted by Crippen LogP contribution is 2.06. The number of carbonyl (C=O) groups is 1. The zero-order valence-corrected chi connectivity index (χ0v) is 5.93. The summed E-state index contributed by atoms with van der Waals surface area (Å²) in [6.07, 6.45) is -1.23. The molecule has 0 aliphatic carbocycles. The first-order chi connectivity index (χ1) is 4.79. The van der Waals surface area contributed by atoms with Gasteiger partial charge in [-0.3, -0.25) is 0 Å². The van der Waals surface area contributed by atoms with Crippen molar-refractivity contribution in [1.29, 1.82) is 0 Å². The fourth-order valence-electron chi connectivity index (χ4n) is 0.520. The molecule has 0 saturated heterocycles. The molecule has 1 aromatic rings.